The van der Waals surface area contributed by atoms with Crippen molar-refractivity contribution in [3.8, 4) is 0 Å². The Morgan fingerprint density at radius 3 is 2.68 bits per heavy atom. The first kappa shape index (κ1) is 20.0. The smallest absolute Gasteiger partial charge is 0.303 e. The number of aliphatic carboxylic acids is 1. The Balaban J connectivity index is 1.95. The first-order chi connectivity index (χ1) is 13.2. The van der Waals surface area contributed by atoms with E-state index in [0.29, 0.717) is 23.4 Å². The first-order valence-corrected chi connectivity index (χ1v) is 11.3. The second kappa shape index (κ2) is 8.11. The van der Waals surface area contributed by atoms with Crippen LogP contribution < -0.4 is 4.72 Å². The van der Waals surface area contributed by atoms with Gasteiger partial charge in [0, 0.05) is 18.4 Å². The Bertz CT molecular complexity index is 1020. The van der Waals surface area contributed by atoms with Gasteiger partial charge in [-0.2, -0.15) is 16.4 Å². The van der Waals surface area contributed by atoms with Crippen molar-refractivity contribution in [1.29, 1.82) is 0 Å². The molecule has 0 spiro atoms. The molecule has 1 aliphatic rings. The standard InChI is InChI=1S/C18H19N3O5S2/c1-28(25,26)20-14-5-3-2-4-13(14)15-10-16(12-8-9-27-11-12)21(19-15)17(22)6-7-18(23)24/h2-5,8-9,11,16,20H,6-7,10H2,1H3,(H,23,24)/t16-/m1/s1. The fourth-order valence-electron chi connectivity index (χ4n) is 2.98. The molecule has 8 nitrogen and oxygen atoms in total. The summed E-state index contributed by atoms with van der Waals surface area (Å²) in [5, 5.41) is 18.4. The van der Waals surface area contributed by atoms with Crippen LogP contribution in [0.5, 0.6) is 0 Å². The average molecular weight is 422 g/mol. The van der Waals surface area contributed by atoms with Crippen LogP contribution in [0, 0.1) is 0 Å². The second-order valence-electron chi connectivity index (χ2n) is 6.38. The van der Waals surface area contributed by atoms with Crippen LogP contribution in [0.4, 0.5) is 5.69 Å². The third kappa shape index (κ3) is 4.76. The Hall–Kier alpha value is -2.72. The zero-order valence-corrected chi connectivity index (χ0v) is 16.7. The van der Waals surface area contributed by atoms with E-state index in [-0.39, 0.29) is 24.8 Å². The number of rotatable bonds is 7. The number of para-hydroxylation sites is 1. The van der Waals surface area contributed by atoms with Crippen molar-refractivity contribution in [2.45, 2.75) is 25.3 Å². The molecule has 1 amide bonds. The van der Waals surface area contributed by atoms with Gasteiger partial charge in [0.25, 0.3) is 0 Å². The SMILES string of the molecule is CS(=O)(=O)Nc1ccccc1C1=NN(C(=O)CCC(=O)O)[C@@H](c2ccsc2)C1. The molecule has 3 rings (SSSR count). The highest BCUT2D eigenvalue weighted by atomic mass is 32.2. The van der Waals surface area contributed by atoms with Crippen molar-refractivity contribution in [3.05, 3.63) is 52.2 Å². The number of carboxylic acid groups (broad SMARTS) is 1. The molecule has 1 aromatic heterocycles. The number of hydrogen-bond acceptors (Lipinski definition) is 6. The van der Waals surface area contributed by atoms with Crippen molar-refractivity contribution in [2.24, 2.45) is 5.10 Å². The molecular weight excluding hydrogens is 402 g/mol. The molecule has 1 atom stereocenters. The van der Waals surface area contributed by atoms with E-state index < -0.39 is 16.0 Å². The lowest BCUT2D eigenvalue weighted by molar-refractivity contribution is -0.141. The Morgan fingerprint density at radius 2 is 2.04 bits per heavy atom. The van der Waals surface area contributed by atoms with Gasteiger partial charge in [-0.15, -0.1) is 0 Å². The number of anilines is 1. The maximum atomic E-state index is 12.6. The fraction of sp³-hybridized carbons (Fsp3) is 0.278. The molecule has 2 aromatic rings. The minimum atomic E-state index is -3.48. The zero-order chi connectivity index (χ0) is 20.3. The van der Waals surface area contributed by atoms with Crippen molar-refractivity contribution in [1.82, 2.24) is 5.01 Å². The van der Waals surface area contributed by atoms with E-state index in [0.717, 1.165) is 11.8 Å². The minimum absolute atomic E-state index is 0.157. The molecule has 1 aromatic carbocycles. The summed E-state index contributed by atoms with van der Waals surface area (Å²) in [5.74, 6) is -1.44. The molecule has 1 aliphatic heterocycles. The van der Waals surface area contributed by atoms with E-state index in [2.05, 4.69) is 9.82 Å². The van der Waals surface area contributed by atoms with Gasteiger partial charge in [-0.25, -0.2) is 13.4 Å². The van der Waals surface area contributed by atoms with Gasteiger partial charge in [0.2, 0.25) is 15.9 Å². The van der Waals surface area contributed by atoms with Gasteiger partial charge in [-0.3, -0.25) is 14.3 Å². The van der Waals surface area contributed by atoms with Crippen LogP contribution in [0.15, 0.2) is 46.2 Å². The van der Waals surface area contributed by atoms with Crippen molar-refractivity contribution in [2.75, 3.05) is 11.0 Å². The molecule has 0 aliphatic carbocycles. The van der Waals surface area contributed by atoms with Gasteiger partial charge < -0.3 is 5.11 Å². The van der Waals surface area contributed by atoms with E-state index >= 15 is 0 Å². The summed E-state index contributed by atoms with van der Waals surface area (Å²) >= 11 is 1.49. The highest BCUT2D eigenvalue weighted by Crippen LogP contribution is 2.35. The molecule has 0 radical (unpaired) electrons. The summed E-state index contributed by atoms with van der Waals surface area (Å²) in [7, 11) is -3.48. The largest absolute Gasteiger partial charge is 0.481 e. The molecule has 0 bridgehead atoms. The average Bonchev–Trinajstić information content (AvgIpc) is 3.28. The minimum Gasteiger partial charge on any atom is -0.481 e. The quantitative estimate of drug-likeness (QED) is 0.713. The van der Waals surface area contributed by atoms with Crippen LogP contribution in [-0.2, 0) is 19.6 Å². The summed E-state index contributed by atoms with van der Waals surface area (Å²) in [6.07, 6.45) is 1.03. The maximum Gasteiger partial charge on any atom is 0.303 e. The number of hydrazone groups is 1. The maximum absolute atomic E-state index is 12.6. The van der Waals surface area contributed by atoms with E-state index in [1.165, 1.54) is 16.3 Å². The number of sulfonamides is 1. The third-order valence-corrected chi connectivity index (χ3v) is 5.47. The van der Waals surface area contributed by atoms with Gasteiger partial charge in [0.15, 0.2) is 0 Å². The number of benzene rings is 1. The molecule has 148 valence electrons. The Kier molecular flexibility index (Phi) is 5.80. The highest BCUT2D eigenvalue weighted by Gasteiger charge is 2.34. The zero-order valence-electron chi connectivity index (χ0n) is 15.0. The number of hydrogen-bond donors (Lipinski definition) is 2. The molecular formula is C18H19N3O5S2. The van der Waals surface area contributed by atoms with Crippen molar-refractivity contribution < 1.29 is 23.1 Å². The van der Waals surface area contributed by atoms with E-state index in [9.17, 15) is 18.0 Å². The molecule has 0 fully saturated rings. The van der Waals surface area contributed by atoms with Crippen LogP contribution in [0.3, 0.4) is 0 Å². The molecule has 0 unspecified atom stereocenters. The van der Waals surface area contributed by atoms with Gasteiger partial charge in [0.05, 0.1) is 30.1 Å². The molecule has 28 heavy (non-hydrogen) atoms. The van der Waals surface area contributed by atoms with Crippen molar-refractivity contribution >= 4 is 44.6 Å². The number of carbonyl (C=O) groups excluding carboxylic acids is 1. The third-order valence-electron chi connectivity index (χ3n) is 4.18. The summed E-state index contributed by atoms with van der Waals surface area (Å²) in [6.45, 7) is 0. The molecule has 0 saturated heterocycles. The second-order valence-corrected chi connectivity index (χ2v) is 8.90. The van der Waals surface area contributed by atoms with E-state index in [4.69, 9.17) is 5.11 Å². The monoisotopic (exact) mass is 421 g/mol. The number of thiophene rings is 1. The predicted octanol–water partition coefficient (Wildman–Crippen LogP) is 2.66. The van der Waals surface area contributed by atoms with Crippen LogP contribution in [0.2, 0.25) is 0 Å². The van der Waals surface area contributed by atoms with E-state index in [1.54, 1.807) is 24.3 Å². The summed E-state index contributed by atoms with van der Waals surface area (Å²) in [5.41, 5.74) is 2.43. The number of nitrogens with one attached hydrogen (secondary N) is 1. The van der Waals surface area contributed by atoms with Crippen LogP contribution in [-0.4, -0.2) is 42.4 Å². The summed E-state index contributed by atoms with van der Waals surface area (Å²) < 4.78 is 25.8. The Morgan fingerprint density at radius 1 is 1.29 bits per heavy atom. The topological polar surface area (TPSA) is 116 Å². The first-order valence-electron chi connectivity index (χ1n) is 8.45. The number of carboxylic acids is 1. The van der Waals surface area contributed by atoms with Gasteiger partial charge in [-0.1, -0.05) is 18.2 Å². The summed E-state index contributed by atoms with van der Waals surface area (Å²) in [4.78, 5) is 23.4. The lowest BCUT2D eigenvalue weighted by atomic mass is 9.99. The van der Waals surface area contributed by atoms with Crippen LogP contribution in [0.25, 0.3) is 0 Å². The van der Waals surface area contributed by atoms with Crippen LogP contribution in [0.1, 0.15) is 36.4 Å². The molecule has 0 saturated carbocycles. The molecule has 10 heteroatoms. The van der Waals surface area contributed by atoms with Gasteiger partial charge in [0.1, 0.15) is 0 Å². The fourth-order valence-corrected chi connectivity index (χ4v) is 4.26. The Labute approximate surface area is 166 Å². The van der Waals surface area contributed by atoms with Gasteiger partial charge >= 0.3 is 5.97 Å². The van der Waals surface area contributed by atoms with Crippen LogP contribution >= 0.6 is 11.3 Å². The highest BCUT2D eigenvalue weighted by molar-refractivity contribution is 7.92. The predicted molar refractivity (Wildman–Crippen MR) is 107 cm³/mol. The number of nitrogens with zero attached hydrogens (tertiary/aromatic N) is 2. The summed E-state index contributed by atoms with van der Waals surface area (Å²) in [6, 6.07) is 8.38. The van der Waals surface area contributed by atoms with Gasteiger partial charge in [-0.05, 0) is 28.5 Å². The molecule has 2 N–H and O–H groups in total. The van der Waals surface area contributed by atoms with Crippen molar-refractivity contribution in [3.63, 3.8) is 0 Å². The normalized spacial score (nSPS) is 16.7. The molecule has 2 heterocycles. The number of carbonyl (C=O) groups is 2. The lowest BCUT2D eigenvalue weighted by Gasteiger charge is -2.20. The lowest BCUT2D eigenvalue weighted by Crippen LogP contribution is -2.27. The van der Waals surface area contributed by atoms with E-state index in [1.807, 2.05) is 16.8 Å². The number of amides is 1.